The van der Waals surface area contributed by atoms with Gasteiger partial charge in [-0.15, -0.1) is 0 Å². The Morgan fingerprint density at radius 3 is 2.43 bits per heavy atom. The molecule has 1 heterocycles. The van der Waals surface area contributed by atoms with E-state index in [0.29, 0.717) is 39.1 Å². The van der Waals surface area contributed by atoms with Crippen LogP contribution in [-0.4, -0.2) is 25.1 Å². The van der Waals surface area contributed by atoms with Gasteiger partial charge >= 0.3 is 0 Å². The second kappa shape index (κ2) is 8.63. The number of hydrogen-bond acceptors (Lipinski definition) is 5. The minimum absolute atomic E-state index is 0.293. The molecule has 0 aliphatic rings. The van der Waals surface area contributed by atoms with Crippen LogP contribution in [0.4, 0.5) is 17.1 Å². The Bertz CT molecular complexity index is 1010. The summed E-state index contributed by atoms with van der Waals surface area (Å²) < 4.78 is 10.6. The molecule has 0 aliphatic carbocycles. The number of anilines is 3. The maximum Gasteiger partial charge on any atom is 0.257 e. The van der Waals surface area contributed by atoms with Crippen LogP contribution in [0.1, 0.15) is 15.9 Å². The Kier molecular flexibility index (Phi) is 6.01. The Balaban J connectivity index is 1.83. The standard InChI is InChI=1S/C21H20ClN3O3/c1-13-4-6-19(27-2)17(8-13)25-21(26)14-9-16(12-23-11-14)24-18-10-15(22)5-7-20(18)28-3/h4-12,24H,1-3H3,(H,25,26). The highest BCUT2D eigenvalue weighted by Crippen LogP contribution is 2.31. The number of carbonyl (C=O) groups excluding carboxylic acids is 1. The number of benzene rings is 2. The van der Waals surface area contributed by atoms with Crippen molar-refractivity contribution in [2.75, 3.05) is 24.9 Å². The van der Waals surface area contributed by atoms with Crippen molar-refractivity contribution in [1.29, 1.82) is 0 Å². The Hall–Kier alpha value is -3.25. The summed E-state index contributed by atoms with van der Waals surface area (Å²) in [5, 5.41) is 6.61. The van der Waals surface area contributed by atoms with Crippen LogP contribution in [0.25, 0.3) is 0 Å². The fourth-order valence-corrected chi connectivity index (χ4v) is 2.85. The normalized spacial score (nSPS) is 10.3. The Morgan fingerprint density at radius 2 is 1.68 bits per heavy atom. The maximum atomic E-state index is 12.7. The summed E-state index contributed by atoms with van der Waals surface area (Å²) in [4.78, 5) is 16.8. The zero-order valence-corrected chi connectivity index (χ0v) is 16.5. The number of ether oxygens (including phenoxy) is 2. The van der Waals surface area contributed by atoms with Crippen molar-refractivity contribution < 1.29 is 14.3 Å². The molecule has 28 heavy (non-hydrogen) atoms. The van der Waals surface area contributed by atoms with Gasteiger partial charge in [-0.2, -0.15) is 0 Å². The summed E-state index contributed by atoms with van der Waals surface area (Å²) in [6.45, 7) is 1.94. The van der Waals surface area contributed by atoms with Crippen molar-refractivity contribution in [2.45, 2.75) is 6.92 Å². The monoisotopic (exact) mass is 397 g/mol. The van der Waals surface area contributed by atoms with E-state index in [1.165, 1.54) is 6.20 Å². The molecule has 1 aromatic heterocycles. The number of pyridine rings is 1. The number of aryl methyl sites for hydroxylation is 1. The van der Waals surface area contributed by atoms with E-state index in [2.05, 4.69) is 15.6 Å². The quantitative estimate of drug-likeness (QED) is 0.608. The molecule has 0 bridgehead atoms. The molecule has 0 aliphatic heterocycles. The van der Waals surface area contributed by atoms with E-state index in [4.69, 9.17) is 21.1 Å². The van der Waals surface area contributed by atoms with E-state index in [1.54, 1.807) is 44.7 Å². The number of hydrogen-bond donors (Lipinski definition) is 2. The predicted octanol–water partition coefficient (Wildman–Crippen LogP) is 5.06. The molecule has 0 radical (unpaired) electrons. The number of rotatable bonds is 6. The third-order valence-electron chi connectivity index (χ3n) is 4.04. The molecule has 1 amide bonds. The number of nitrogens with zero attached hydrogens (tertiary/aromatic N) is 1. The van der Waals surface area contributed by atoms with E-state index in [0.717, 1.165) is 5.56 Å². The lowest BCUT2D eigenvalue weighted by atomic mass is 10.2. The van der Waals surface area contributed by atoms with Gasteiger partial charge in [-0.05, 0) is 48.9 Å². The van der Waals surface area contributed by atoms with Crippen molar-refractivity contribution in [1.82, 2.24) is 4.98 Å². The van der Waals surface area contributed by atoms with E-state index in [1.807, 2.05) is 25.1 Å². The molecule has 0 saturated heterocycles. The van der Waals surface area contributed by atoms with Gasteiger partial charge in [0.25, 0.3) is 5.91 Å². The van der Waals surface area contributed by atoms with Crippen LogP contribution in [0, 0.1) is 6.92 Å². The first kappa shape index (κ1) is 19.5. The van der Waals surface area contributed by atoms with Gasteiger partial charge < -0.3 is 20.1 Å². The second-order valence-corrected chi connectivity index (χ2v) is 6.53. The number of amides is 1. The molecule has 0 spiro atoms. The molecule has 6 nitrogen and oxygen atoms in total. The molecule has 144 valence electrons. The van der Waals surface area contributed by atoms with E-state index >= 15 is 0 Å². The summed E-state index contributed by atoms with van der Waals surface area (Å²) in [7, 11) is 3.14. The molecular weight excluding hydrogens is 378 g/mol. The lowest BCUT2D eigenvalue weighted by Gasteiger charge is -2.13. The van der Waals surface area contributed by atoms with E-state index in [9.17, 15) is 4.79 Å². The molecule has 2 aromatic carbocycles. The zero-order valence-electron chi connectivity index (χ0n) is 15.7. The molecule has 0 saturated carbocycles. The smallest absolute Gasteiger partial charge is 0.257 e. The summed E-state index contributed by atoms with van der Waals surface area (Å²) in [5.74, 6) is 0.923. The molecule has 3 aromatic rings. The molecular formula is C21H20ClN3O3. The van der Waals surface area contributed by atoms with Gasteiger partial charge in [0.15, 0.2) is 0 Å². The van der Waals surface area contributed by atoms with Crippen LogP contribution in [0.15, 0.2) is 54.9 Å². The second-order valence-electron chi connectivity index (χ2n) is 6.09. The van der Waals surface area contributed by atoms with Gasteiger partial charge in [-0.25, -0.2) is 0 Å². The molecule has 7 heteroatoms. The van der Waals surface area contributed by atoms with Crippen LogP contribution >= 0.6 is 11.6 Å². The summed E-state index contributed by atoms with van der Waals surface area (Å²) >= 11 is 6.07. The zero-order chi connectivity index (χ0) is 20.1. The summed E-state index contributed by atoms with van der Waals surface area (Å²) in [5.41, 5.74) is 3.31. The largest absolute Gasteiger partial charge is 0.495 e. The first-order valence-corrected chi connectivity index (χ1v) is 8.89. The average molecular weight is 398 g/mol. The van der Waals surface area contributed by atoms with Gasteiger partial charge in [-0.1, -0.05) is 17.7 Å². The van der Waals surface area contributed by atoms with Crippen molar-refractivity contribution in [3.63, 3.8) is 0 Å². The summed E-state index contributed by atoms with van der Waals surface area (Å²) in [6.07, 6.45) is 3.11. The predicted molar refractivity (Wildman–Crippen MR) is 111 cm³/mol. The lowest BCUT2D eigenvalue weighted by Crippen LogP contribution is -2.13. The first-order chi connectivity index (χ1) is 13.5. The highest BCUT2D eigenvalue weighted by molar-refractivity contribution is 6.31. The van der Waals surface area contributed by atoms with Crippen molar-refractivity contribution in [2.24, 2.45) is 0 Å². The van der Waals surface area contributed by atoms with Crippen LogP contribution in [0.2, 0.25) is 5.02 Å². The lowest BCUT2D eigenvalue weighted by molar-refractivity contribution is 0.102. The maximum absolute atomic E-state index is 12.7. The molecule has 0 atom stereocenters. The number of methoxy groups -OCH3 is 2. The van der Waals surface area contributed by atoms with Crippen LogP contribution < -0.4 is 20.1 Å². The van der Waals surface area contributed by atoms with Gasteiger partial charge in [0.1, 0.15) is 11.5 Å². The highest BCUT2D eigenvalue weighted by Gasteiger charge is 2.12. The van der Waals surface area contributed by atoms with Gasteiger partial charge in [-0.3, -0.25) is 9.78 Å². The van der Waals surface area contributed by atoms with Crippen LogP contribution in [-0.2, 0) is 0 Å². The van der Waals surface area contributed by atoms with Gasteiger partial charge in [0.2, 0.25) is 0 Å². The third-order valence-corrected chi connectivity index (χ3v) is 4.28. The highest BCUT2D eigenvalue weighted by atomic mass is 35.5. The summed E-state index contributed by atoms with van der Waals surface area (Å²) in [6, 6.07) is 12.5. The molecule has 2 N–H and O–H groups in total. The number of carbonyl (C=O) groups is 1. The Labute approximate surface area is 168 Å². The fraction of sp³-hybridized carbons (Fsp3) is 0.143. The van der Waals surface area contributed by atoms with Gasteiger partial charge in [0.05, 0.1) is 43.0 Å². The fourth-order valence-electron chi connectivity index (χ4n) is 2.68. The SMILES string of the molecule is COc1ccc(C)cc1NC(=O)c1cncc(Nc2cc(Cl)ccc2OC)c1. The van der Waals surface area contributed by atoms with Crippen molar-refractivity contribution >= 4 is 34.6 Å². The van der Waals surface area contributed by atoms with Crippen LogP contribution in [0.5, 0.6) is 11.5 Å². The van der Waals surface area contributed by atoms with E-state index < -0.39 is 0 Å². The van der Waals surface area contributed by atoms with Crippen molar-refractivity contribution in [3.8, 4) is 11.5 Å². The minimum Gasteiger partial charge on any atom is -0.495 e. The average Bonchev–Trinajstić information content (AvgIpc) is 2.68. The molecule has 0 fully saturated rings. The number of aromatic nitrogens is 1. The Morgan fingerprint density at radius 1 is 0.964 bits per heavy atom. The van der Waals surface area contributed by atoms with Crippen molar-refractivity contribution in [3.05, 3.63) is 71.0 Å². The topological polar surface area (TPSA) is 72.5 Å². The van der Waals surface area contributed by atoms with Gasteiger partial charge in [0, 0.05) is 11.2 Å². The number of nitrogens with one attached hydrogen (secondary N) is 2. The van der Waals surface area contributed by atoms with Crippen LogP contribution in [0.3, 0.4) is 0 Å². The number of halogens is 1. The van der Waals surface area contributed by atoms with E-state index in [-0.39, 0.29) is 5.91 Å². The molecule has 3 rings (SSSR count). The first-order valence-electron chi connectivity index (χ1n) is 8.52. The minimum atomic E-state index is -0.293. The third kappa shape index (κ3) is 4.53. The molecule has 0 unspecified atom stereocenters.